The maximum Gasteiger partial charge on any atom is 0.323 e. The van der Waals surface area contributed by atoms with Crippen molar-refractivity contribution in [3.63, 3.8) is 0 Å². The Labute approximate surface area is 107 Å². The summed E-state index contributed by atoms with van der Waals surface area (Å²) in [5, 5.41) is 0. The van der Waals surface area contributed by atoms with Gasteiger partial charge in [0.15, 0.2) is 0 Å². The first-order valence-corrected chi connectivity index (χ1v) is 6.12. The summed E-state index contributed by atoms with van der Waals surface area (Å²) < 4.78 is 5.35. The number of piperidine rings is 1. The molecule has 0 atom stereocenters. The Hall–Kier alpha value is -2.03. The first-order chi connectivity index (χ1) is 8.79. The molecule has 0 aromatic carbocycles. The van der Waals surface area contributed by atoms with Gasteiger partial charge in [-0.2, -0.15) is 15.0 Å². The Morgan fingerprint density at radius 1 is 1.22 bits per heavy atom. The zero-order chi connectivity index (χ0) is 12.8. The Bertz CT molecular complexity index is 437. The molecule has 2 heterocycles. The second-order valence-electron chi connectivity index (χ2n) is 4.13. The number of nitrogen functional groups attached to an aromatic ring is 1. The maximum atomic E-state index is 5.66. The third kappa shape index (κ3) is 3.23. The third-order valence-corrected chi connectivity index (χ3v) is 2.74. The van der Waals surface area contributed by atoms with E-state index < -0.39 is 0 Å². The molecule has 96 valence electrons. The van der Waals surface area contributed by atoms with Crippen molar-refractivity contribution in [2.24, 2.45) is 0 Å². The van der Waals surface area contributed by atoms with Crippen LogP contribution in [0.2, 0.25) is 0 Å². The van der Waals surface area contributed by atoms with E-state index >= 15 is 0 Å². The summed E-state index contributed by atoms with van der Waals surface area (Å²) in [6.45, 7) is 2.29. The van der Waals surface area contributed by atoms with E-state index in [0.717, 1.165) is 25.9 Å². The molecule has 0 spiro atoms. The smallest absolute Gasteiger partial charge is 0.323 e. The molecule has 1 fully saturated rings. The van der Waals surface area contributed by atoms with Crippen molar-refractivity contribution in [3.05, 3.63) is 0 Å². The fourth-order valence-electron chi connectivity index (χ4n) is 1.86. The van der Waals surface area contributed by atoms with Crippen molar-refractivity contribution in [2.75, 3.05) is 30.3 Å². The van der Waals surface area contributed by atoms with E-state index in [1.54, 1.807) is 0 Å². The van der Waals surface area contributed by atoms with Gasteiger partial charge in [0.05, 0.1) is 0 Å². The number of rotatable bonds is 4. The van der Waals surface area contributed by atoms with Gasteiger partial charge in [0, 0.05) is 19.5 Å². The van der Waals surface area contributed by atoms with Gasteiger partial charge in [-0.3, -0.25) is 0 Å². The number of terminal acetylenes is 1. The second kappa shape index (κ2) is 6.05. The van der Waals surface area contributed by atoms with Gasteiger partial charge in [0.1, 0.15) is 6.61 Å². The minimum Gasteiger partial charge on any atom is -0.462 e. The van der Waals surface area contributed by atoms with Gasteiger partial charge in [-0.25, -0.2) is 0 Å². The summed E-state index contributed by atoms with van der Waals surface area (Å²) in [6, 6.07) is 0.248. The van der Waals surface area contributed by atoms with Crippen molar-refractivity contribution < 1.29 is 4.74 Å². The third-order valence-electron chi connectivity index (χ3n) is 2.74. The molecule has 6 nitrogen and oxygen atoms in total. The van der Waals surface area contributed by atoms with Gasteiger partial charge in [-0.05, 0) is 19.3 Å². The lowest BCUT2D eigenvalue weighted by Crippen LogP contribution is -2.31. The van der Waals surface area contributed by atoms with E-state index in [2.05, 4.69) is 25.8 Å². The highest BCUT2D eigenvalue weighted by molar-refractivity contribution is 5.36. The lowest BCUT2D eigenvalue weighted by Gasteiger charge is -2.26. The fourth-order valence-corrected chi connectivity index (χ4v) is 1.86. The molecule has 6 heteroatoms. The summed E-state index contributed by atoms with van der Waals surface area (Å²) in [5.74, 6) is 3.27. The second-order valence-corrected chi connectivity index (χ2v) is 4.13. The normalized spacial score (nSPS) is 15.2. The quantitative estimate of drug-likeness (QED) is 0.627. The summed E-state index contributed by atoms with van der Waals surface area (Å²) in [4.78, 5) is 14.5. The molecule has 0 unspecified atom stereocenters. The van der Waals surface area contributed by atoms with Gasteiger partial charge >= 0.3 is 6.01 Å². The number of aromatic nitrogens is 3. The van der Waals surface area contributed by atoms with Gasteiger partial charge in [0.25, 0.3) is 0 Å². The first kappa shape index (κ1) is 12.4. The van der Waals surface area contributed by atoms with Gasteiger partial charge in [-0.15, -0.1) is 12.3 Å². The molecule has 0 amide bonds. The summed E-state index contributed by atoms with van der Waals surface area (Å²) in [7, 11) is 0. The van der Waals surface area contributed by atoms with E-state index in [4.69, 9.17) is 16.9 Å². The number of nitrogens with two attached hydrogens (primary N) is 1. The van der Waals surface area contributed by atoms with Gasteiger partial charge in [0.2, 0.25) is 11.9 Å². The molecule has 1 aromatic heterocycles. The van der Waals surface area contributed by atoms with Crippen LogP contribution in [0.3, 0.4) is 0 Å². The standard InChI is InChI=1S/C12H17N5O/c1-2-3-9-18-12-15-10(13)14-11(16-12)17-7-5-4-6-8-17/h1H,3-9H2,(H2,13,14,15,16). The topological polar surface area (TPSA) is 77.2 Å². The monoisotopic (exact) mass is 247 g/mol. The number of ether oxygens (including phenoxy) is 1. The van der Waals surface area contributed by atoms with E-state index in [1.807, 2.05) is 0 Å². The Morgan fingerprint density at radius 3 is 2.72 bits per heavy atom. The Kier molecular flexibility index (Phi) is 4.18. The first-order valence-electron chi connectivity index (χ1n) is 6.12. The van der Waals surface area contributed by atoms with Crippen molar-refractivity contribution in [1.82, 2.24) is 15.0 Å². The van der Waals surface area contributed by atoms with E-state index in [1.165, 1.54) is 6.42 Å². The number of hydrogen-bond acceptors (Lipinski definition) is 6. The van der Waals surface area contributed by atoms with Crippen molar-refractivity contribution >= 4 is 11.9 Å². The average molecular weight is 247 g/mol. The highest BCUT2D eigenvalue weighted by Gasteiger charge is 2.15. The molecule has 1 aliphatic heterocycles. The largest absolute Gasteiger partial charge is 0.462 e. The summed E-state index contributed by atoms with van der Waals surface area (Å²) in [6.07, 6.45) is 9.23. The summed E-state index contributed by atoms with van der Waals surface area (Å²) >= 11 is 0. The average Bonchev–Trinajstić information content (AvgIpc) is 2.39. The van der Waals surface area contributed by atoms with E-state index in [-0.39, 0.29) is 12.0 Å². The lowest BCUT2D eigenvalue weighted by molar-refractivity contribution is 0.300. The molecular weight excluding hydrogens is 230 g/mol. The minimum absolute atomic E-state index is 0.182. The van der Waals surface area contributed by atoms with Crippen LogP contribution in [0.4, 0.5) is 11.9 Å². The van der Waals surface area contributed by atoms with Crippen LogP contribution in [0.1, 0.15) is 25.7 Å². The fraction of sp³-hybridized carbons (Fsp3) is 0.583. The van der Waals surface area contributed by atoms with Crippen LogP contribution in [0.15, 0.2) is 0 Å². The molecule has 2 rings (SSSR count). The number of nitrogens with zero attached hydrogens (tertiary/aromatic N) is 4. The molecule has 2 N–H and O–H groups in total. The molecule has 1 aromatic rings. The zero-order valence-corrected chi connectivity index (χ0v) is 10.3. The predicted molar refractivity (Wildman–Crippen MR) is 69.2 cm³/mol. The predicted octanol–water partition coefficient (Wildman–Crippen LogP) is 0.846. The number of hydrogen-bond donors (Lipinski definition) is 1. The van der Waals surface area contributed by atoms with Gasteiger partial charge in [-0.1, -0.05) is 0 Å². The molecule has 1 saturated heterocycles. The molecule has 0 radical (unpaired) electrons. The van der Waals surface area contributed by atoms with E-state index in [0.29, 0.717) is 19.0 Å². The van der Waals surface area contributed by atoms with Crippen LogP contribution < -0.4 is 15.4 Å². The van der Waals surface area contributed by atoms with Crippen LogP contribution in [0, 0.1) is 12.3 Å². The van der Waals surface area contributed by atoms with Crippen molar-refractivity contribution in [3.8, 4) is 18.4 Å². The molecule has 18 heavy (non-hydrogen) atoms. The molecular formula is C12H17N5O. The maximum absolute atomic E-state index is 5.66. The minimum atomic E-state index is 0.182. The van der Waals surface area contributed by atoms with Gasteiger partial charge < -0.3 is 15.4 Å². The van der Waals surface area contributed by atoms with Crippen LogP contribution in [0.5, 0.6) is 6.01 Å². The molecule has 1 aliphatic rings. The van der Waals surface area contributed by atoms with Crippen LogP contribution in [-0.4, -0.2) is 34.6 Å². The van der Waals surface area contributed by atoms with Crippen LogP contribution in [0.25, 0.3) is 0 Å². The van der Waals surface area contributed by atoms with Crippen molar-refractivity contribution in [1.29, 1.82) is 0 Å². The molecule has 0 bridgehead atoms. The Morgan fingerprint density at radius 2 is 2.00 bits per heavy atom. The molecule has 0 aliphatic carbocycles. The van der Waals surface area contributed by atoms with Crippen LogP contribution in [-0.2, 0) is 0 Å². The number of anilines is 2. The lowest BCUT2D eigenvalue weighted by atomic mass is 10.1. The molecule has 0 saturated carbocycles. The summed E-state index contributed by atoms with van der Waals surface area (Å²) in [5.41, 5.74) is 5.66. The van der Waals surface area contributed by atoms with E-state index in [9.17, 15) is 0 Å². The van der Waals surface area contributed by atoms with Crippen LogP contribution >= 0.6 is 0 Å². The van der Waals surface area contributed by atoms with Crippen molar-refractivity contribution in [2.45, 2.75) is 25.7 Å². The highest BCUT2D eigenvalue weighted by Crippen LogP contribution is 2.18. The SMILES string of the molecule is C#CCCOc1nc(N)nc(N2CCCCC2)n1. The zero-order valence-electron chi connectivity index (χ0n) is 10.3. The highest BCUT2D eigenvalue weighted by atomic mass is 16.5. The Balaban J connectivity index is 2.07.